The van der Waals surface area contributed by atoms with Gasteiger partial charge >= 0.3 is 0 Å². The fourth-order valence-electron chi connectivity index (χ4n) is 2.40. The SMILES string of the molecule is CNC(=O)c1noc(Cc2ccc3[nH]cc(CCN)c3c2)n1. The Hall–Kier alpha value is -2.67. The van der Waals surface area contributed by atoms with Gasteiger partial charge in [-0.25, -0.2) is 0 Å². The summed E-state index contributed by atoms with van der Waals surface area (Å²) in [5, 5.41) is 7.27. The number of aromatic amines is 1. The molecule has 0 aliphatic heterocycles. The summed E-state index contributed by atoms with van der Waals surface area (Å²) in [6.45, 7) is 0.607. The highest BCUT2D eigenvalue weighted by atomic mass is 16.5. The van der Waals surface area contributed by atoms with E-state index in [1.165, 1.54) is 12.6 Å². The fraction of sp³-hybridized carbons (Fsp3) is 0.267. The molecule has 7 heteroatoms. The Labute approximate surface area is 126 Å². The van der Waals surface area contributed by atoms with Crippen molar-refractivity contribution in [2.75, 3.05) is 13.6 Å². The minimum absolute atomic E-state index is 0.0454. The number of carbonyl (C=O) groups is 1. The van der Waals surface area contributed by atoms with Crippen LogP contribution in [-0.4, -0.2) is 34.6 Å². The molecular weight excluding hydrogens is 282 g/mol. The van der Waals surface area contributed by atoms with Crippen molar-refractivity contribution < 1.29 is 9.32 Å². The second-order valence-electron chi connectivity index (χ2n) is 5.00. The molecule has 4 N–H and O–H groups in total. The summed E-state index contributed by atoms with van der Waals surface area (Å²) in [6.07, 6.45) is 3.29. The van der Waals surface area contributed by atoms with Crippen molar-refractivity contribution in [3.05, 3.63) is 47.2 Å². The second-order valence-corrected chi connectivity index (χ2v) is 5.00. The number of hydrogen-bond acceptors (Lipinski definition) is 5. The second kappa shape index (κ2) is 5.98. The number of aromatic nitrogens is 3. The number of hydrogen-bond donors (Lipinski definition) is 3. The predicted molar refractivity (Wildman–Crippen MR) is 81.6 cm³/mol. The maximum atomic E-state index is 11.4. The van der Waals surface area contributed by atoms with E-state index in [0.717, 1.165) is 22.9 Å². The number of nitrogens with one attached hydrogen (secondary N) is 2. The Morgan fingerprint density at radius 3 is 3.09 bits per heavy atom. The van der Waals surface area contributed by atoms with Gasteiger partial charge in [-0.15, -0.1) is 0 Å². The minimum Gasteiger partial charge on any atom is -0.361 e. The number of H-pyrrole nitrogens is 1. The predicted octanol–water partition coefficient (Wildman–Crippen LogP) is 1.00. The average Bonchev–Trinajstić information content (AvgIpc) is 3.15. The molecule has 0 aliphatic carbocycles. The summed E-state index contributed by atoms with van der Waals surface area (Å²) < 4.78 is 5.11. The zero-order chi connectivity index (χ0) is 15.5. The van der Waals surface area contributed by atoms with Crippen molar-refractivity contribution in [1.29, 1.82) is 0 Å². The summed E-state index contributed by atoms with van der Waals surface area (Å²) in [5.41, 5.74) is 8.93. The minimum atomic E-state index is -0.360. The molecule has 2 aromatic heterocycles. The fourth-order valence-corrected chi connectivity index (χ4v) is 2.40. The van der Waals surface area contributed by atoms with Crippen molar-refractivity contribution in [2.24, 2.45) is 5.73 Å². The molecule has 1 aromatic carbocycles. The van der Waals surface area contributed by atoms with E-state index in [1.807, 2.05) is 18.3 Å². The normalized spacial score (nSPS) is 11.0. The average molecular weight is 299 g/mol. The topological polar surface area (TPSA) is 110 Å². The molecule has 2 heterocycles. The summed E-state index contributed by atoms with van der Waals surface area (Å²) >= 11 is 0. The van der Waals surface area contributed by atoms with Crippen molar-refractivity contribution in [3.63, 3.8) is 0 Å². The van der Waals surface area contributed by atoms with Crippen LogP contribution in [0.2, 0.25) is 0 Å². The first-order valence-corrected chi connectivity index (χ1v) is 7.05. The largest absolute Gasteiger partial charge is 0.361 e. The van der Waals surface area contributed by atoms with Gasteiger partial charge in [0.25, 0.3) is 11.7 Å². The maximum Gasteiger partial charge on any atom is 0.292 e. The molecule has 1 amide bonds. The molecule has 0 saturated carbocycles. The lowest BCUT2D eigenvalue weighted by molar-refractivity contribution is 0.0950. The van der Waals surface area contributed by atoms with E-state index >= 15 is 0 Å². The lowest BCUT2D eigenvalue weighted by Crippen LogP contribution is -2.19. The Morgan fingerprint density at radius 1 is 1.45 bits per heavy atom. The number of rotatable bonds is 5. The summed E-state index contributed by atoms with van der Waals surface area (Å²) in [7, 11) is 1.52. The smallest absolute Gasteiger partial charge is 0.292 e. The summed E-state index contributed by atoms with van der Waals surface area (Å²) in [4.78, 5) is 18.7. The van der Waals surface area contributed by atoms with E-state index in [4.69, 9.17) is 10.3 Å². The van der Waals surface area contributed by atoms with E-state index in [1.54, 1.807) is 0 Å². The lowest BCUT2D eigenvalue weighted by Gasteiger charge is -2.00. The van der Waals surface area contributed by atoms with Crippen LogP contribution in [0.4, 0.5) is 0 Å². The van der Waals surface area contributed by atoms with Crippen molar-refractivity contribution in [3.8, 4) is 0 Å². The van der Waals surface area contributed by atoms with Gasteiger partial charge in [0.15, 0.2) is 0 Å². The molecule has 3 aromatic rings. The van der Waals surface area contributed by atoms with Crippen molar-refractivity contribution in [1.82, 2.24) is 20.4 Å². The Balaban J connectivity index is 1.85. The zero-order valence-corrected chi connectivity index (χ0v) is 12.2. The zero-order valence-electron chi connectivity index (χ0n) is 12.2. The third kappa shape index (κ3) is 2.71. The van der Waals surface area contributed by atoms with Crippen molar-refractivity contribution in [2.45, 2.75) is 12.8 Å². The third-order valence-corrected chi connectivity index (χ3v) is 3.50. The molecule has 0 saturated heterocycles. The van der Waals surface area contributed by atoms with Gasteiger partial charge in [0.05, 0.1) is 6.42 Å². The van der Waals surface area contributed by atoms with Crippen LogP contribution < -0.4 is 11.1 Å². The van der Waals surface area contributed by atoms with Gasteiger partial charge in [-0.05, 0) is 36.2 Å². The van der Waals surface area contributed by atoms with E-state index < -0.39 is 0 Å². The molecule has 0 bridgehead atoms. The highest BCUT2D eigenvalue weighted by Gasteiger charge is 2.13. The molecule has 7 nitrogen and oxygen atoms in total. The van der Waals surface area contributed by atoms with Crippen LogP contribution in [0.3, 0.4) is 0 Å². The van der Waals surface area contributed by atoms with Gasteiger partial charge in [-0.1, -0.05) is 11.2 Å². The molecule has 0 atom stereocenters. The molecule has 0 fully saturated rings. The van der Waals surface area contributed by atoms with E-state index in [-0.39, 0.29) is 11.7 Å². The van der Waals surface area contributed by atoms with E-state index in [9.17, 15) is 4.79 Å². The van der Waals surface area contributed by atoms with Crippen LogP contribution in [0.5, 0.6) is 0 Å². The number of carbonyl (C=O) groups excluding carboxylic acids is 1. The Morgan fingerprint density at radius 2 is 2.32 bits per heavy atom. The van der Waals surface area contributed by atoms with E-state index in [2.05, 4.69) is 26.5 Å². The van der Waals surface area contributed by atoms with Crippen LogP contribution in [0.1, 0.15) is 27.6 Å². The van der Waals surface area contributed by atoms with Crippen molar-refractivity contribution >= 4 is 16.8 Å². The van der Waals surface area contributed by atoms with Crippen LogP contribution in [-0.2, 0) is 12.8 Å². The molecule has 3 rings (SSSR count). The number of nitrogens with zero attached hydrogens (tertiary/aromatic N) is 2. The van der Waals surface area contributed by atoms with Crippen LogP contribution in [0.25, 0.3) is 10.9 Å². The molecule has 0 radical (unpaired) electrons. The van der Waals surface area contributed by atoms with Gasteiger partial charge < -0.3 is 20.6 Å². The first-order valence-electron chi connectivity index (χ1n) is 7.05. The van der Waals surface area contributed by atoms with E-state index in [0.29, 0.717) is 18.9 Å². The third-order valence-electron chi connectivity index (χ3n) is 3.50. The number of benzene rings is 1. The molecule has 0 unspecified atom stereocenters. The Kier molecular flexibility index (Phi) is 3.88. The lowest BCUT2D eigenvalue weighted by atomic mass is 10.1. The summed E-state index contributed by atoms with van der Waals surface area (Å²) in [5.74, 6) is 0.0965. The van der Waals surface area contributed by atoms with Gasteiger partial charge in [-0.3, -0.25) is 4.79 Å². The Bertz CT molecular complexity index is 805. The quantitative estimate of drug-likeness (QED) is 0.651. The van der Waals surface area contributed by atoms with Gasteiger partial charge in [0, 0.05) is 24.1 Å². The molecular formula is C15H17N5O2. The monoisotopic (exact) mass is 299 g/mol. The molecule has 0 aliphatic rings. The van der Waals surface area contributed by atoms with Crippen LogP contribution in [0, 0.1) is 0 Å². The van der Waals surface area contributed by atoms with Crippen LogP contribution >= 0.6 is 0 Å². The van der Waals surface area contributed by atoms with Crippen LogP contribution in [0.15, 0.2) is 28.9 Å². The molecule has 0 spiro atoms. The molecule has 22 heavy (non-hydrogen) atoms. The van der Waals surface area contributed by atoms with Gasteiger partial charge in [-0.2, -0.15) is 4.98 Å². The number of fused-ring (bicyclic) bond motifs is 1. The standard InChI is InChI=1S/C15H17N5O2/c1-17-15(21)14-19-13(22-20-14)7-9-2-3-12-11(6-9)10(4-5-16)8-18-12/h2-3,6,8,18H,4-5,7,16H2,1H3,(H,17,21). The first kappa shape index (κ1) is 14.3. The maximum absolute atomic E-state index is 11.4. The summed E-state index contributed by atoms with van der Waals surface area (Å²) in [6, 6.07) is 6.09. The first-order chi connectivity index (χ1) is 10.7. The number of amides is 1. The van der Waals surface area contributed by atoms with Gasteiger partial charge in [0.1, 0.15) is 0 Å². The number of nitrogens with two attached hydrogens (primary N) is 1. The highest BCUT2D eigenvalue weighted by molar-refractivity contribution is 5.89. The van der Waals surface area contributed by atoms with Gasteiger partial charge in [0.2, 0.25) is 5.89 Å². The molecule has 114 valence electrons. The highest BCUT2D eigenvalue weighted by Crippen LogP contribution is 2.21.